The van der Waals surface area contributed by atoms with Crippen molar-refractivity contribution in [3.05, 3.63) is 59.7 Å². The van der Waals surface area contributed by atoms with Gasteiger partial charge < -0.3 is 5.32 Å². The Morgan fingerprint density at radius 2 is 2.18 bits per heavy atom. The van der Waals surface area contributed by atoms with Crippen LogP contribution in [0.15, 0.2) is 42.9 Å². The Morgan fingerprint density at radius 1 is 1.29 bits per heavy atom. The van der Waals surface area contributed by atoms with Gasteiger partial charge in [0, 0.05) is 31.2 Å². The van der Waals surface area contributed by atoms with Crippen molar-refractivity contribution < 1.29 is 0 Å². The van der Waals surface area contributed by atoms with Crippen molar-refractivity contribution in [3.8, 4) is 0 Å². The van der Waals surface area contributed by atoms with E-state index in [9.17, 15) is 0 Å². The van der Waals surface area contributed by atoms with E-state index >= 15 is 0 Å². The SMILES string of the molecule is Cc1cccc(CNC(C)c2cnccn2)c1. The molecule has 0 aliphatic heterocycles. The van der Waals surface area contributed by atoms with Crippen LogP contribution in [0, 0.1) is 6.92 Å². The molecule has 1 N–H and O–H groups in total. The lowest BCUT2D eigenvalue weighted by molar-refractivity contribution is 0.559. The van der Waals surface area contributed by atoms with Crippen molar-refractivity contribution in [2.45, 2.75) is 26.4 Å². The summed E-state index contributed by atoms with van der Waals surface area (Å²) >= 11 is 0. The standard InChI is InChI=1S/C14H17N3/c1-11-4-3-5-13(8-11)9-17-12(2)14-10-15-6-7-16-14/h3-8,10,12,17H,9H2,1-2H3. The average Bonchev–Trinajstić information content (AvgIpc) is 2.37. The molecule has 17 heavy (non-hydrogen) atoms. The zero-order valence-corrected chi connectivity index (χ0v) is 10.2. The molecule has 0 saturated heterocycles. The molecule has 1 aromatic carbocycles. The Bertz CT molecular complexity index is 468. The quantitative estimate of drug-likeness (QED) is 0.872. The van der Waals surface area contributed by atoms with Crippen LogP contribution in [0.4, 0.5) is 0 Å². The molecule has 0 saturated carbocycles. The number of nitrogens with zero attached hydrogens (tertiary/aromatic N) is 2. The number of nitrogens with one attached hydrogen (secondary N) is 1. The lowest BCUT2D eigenvalue weighted by Gasteiger charge is -2.12. The van der Waals surface area contributed by atoms with Gasteiger partial charge in [0.25, 0.3) is 0 Å². The summed E-state index contributed by atoms with van der Waals surface area (Å²) in [6.07, 6.45) is 5.21. The molecular formula is C14H17N3. The molecule has 1 heterocycles. The van der Waals surface area contributed by atoms with Gasteiger partial charge in [-0.25, -0.2) is 0 Å². The van der Waals surface area contributed by atoms with Gasteiger partial charge in [0.15, 0.2) is 0 Å². The molecule has 0 bridgehead atoms. The summed E-state index contributed by atoms with van der Waals surface area (Å²) in [5.74, 6) is 0. The van der Waals surface area contributed by atoms with E-state index in [-0.39, 0.29) is 6.04 Å². The van der Waals surface area contributed by atoms with Crippen LogP contribution in [0.5, 0.6) is 0 Å². The Morgan fingerprint density at radius 3 is 2.88 bits per heavy atom. The van der Waals surface area contributed by atoms with E-state index in [2.05, 4.69) is 53.4 Å². The molecular weight excluding hydrogens is 210 g/mol. The molecule has 3 nitrogen and oxygen atoms in total. The normalized spacial score (nSPS) is 12.4. The maximum atomic E-state index is 4.28. The third-order valence-corrected chi connectivity index (χ3v) is 2.72. The monoisotopic (exact) mass is 227 g/mol. The predicted molar refractivity (Wildman–Crippen MR) is 68.5 cm³/mol. The third kappa shape index (κ3) is 3.36. The summed E-state index contributed by atoms with van der Waals surface area (Å²) < 4.78 is 0. The van der Waals surface area contributed by atoms with E-state index in [0.29, 0.717) is 0 Å². The number of hydrogen-bond donors (Lipinski definition) is 1. The van der Waals surface area contributed by atoms with E-state index in [1.807, 2.05) is 0 Å². The van der Waals surface area contributed by atoms with E-state index < -0.39 is 0 Å². The van der Waals surface area contributed by atoms with Crippen LogP contribution in [0.2, 0.25) is 0 Å². The zero-order chi connectivity index (χ0) is 12.1. The maximum absolute atomic E-state index is 4.28. The summed E-state index contributed by atoms with van der Waals surface area (Å²) in [6, 6.07) is 8.72. The summed E-state index contributed by atoms with van der Waals surface area (Å²) in [5.41, 5.74) is 3.55. The highest BCUT2D eigenvalue weighted by atomic mass is 14.9. The molecule has 0 aliphatic rings. The highest BCUT2D eigenvalue weighted by molar-refractivity contribution is 5.22. The lowest BCUT2D eigenvalue weighted by atomic mass is 10.1. The molecule has 1 unspecified atom stereocenters. The Hall–Kier alpha value is -1.74. The van der Waals surface area contributed by atoms with Crippen molar-refractivity contribution in [1.82, 2.24) is 15.3 Å². The van der Waals surface area contributed by atoms with Crippen LogP contribution in [0.1, 0.15) is 29.8 Å². The number of aromatic nitrogens is 2. The Balaban J connectivity index is 1.95. The van der Waals surface area contributed by atoms with Gasteiger partial charge in [-0.3, -0.25) is 9.97 Å². The molecule has 1 aromatic heterocycles. The molecule has 2 aromatic rings. The molecule has 3 heteroatoms. The van der Waals surface area contributed by atoms with Gasteiger partial charge in [0.2, 0.25) is 0 Å². The first-order valence-electron chi connectivity index (χ1n) is 5.80. The van der Waals surface area contributed by atoms with E-state index in [1.54, 1.807) is 18.6 Å². The van der Waals surface area contributed by atoms with Crippen molar-refractivity contribution in [2.24, 2.45) is 0 Å². The summed E-state index contributed by atoms with van der Waals surface area (Å²) in [6.45, 7) is 5.05. The van der Waals surface area contributed by atoms with Gasteiger partial charge in [0.05, 0.1) is 5.69 Å². The van der Waals surface area contributed by atoms with Gasteiger partial charge in [-0.1, -0.05) is 29.8 Å². The third-order valence-electron chi connectivity index (χ3n) is 2.72. The van der Waals surface area contributed by atoms with Gasteiger partial charge in [-0.15, -0.1) is 0 Å². The van der Waals surface area contributed by atoms with E-state index in [1.165, 1.54) is 11.1 Å². The molecule has 0 radical (unpaired) electrons. The van der Waals surface area contributed by atoms with E-state index in [4.69, 9.17) is 0 Å². The minimum Gasteiger partial charge on any atom is -0.305 e. The van der Waals surface area contributed by atoms with E-state index in [0.717, 1.165) is 12.2 Å². The molecule has 0 fully saturated rings. The van der Waals surface area contributed by atoms with Gasteiger partial charge >= 0.3 is 0 Å². The summed E-state index contributed by atoms with van der Waals surface area (Å²) in [4.78, 5) is 8.36. The molecule has 0 spiro atoms. The fraction of sp³-hybridized carbons (Fsp3) is 0.286. The Kier molecular flexibility index (Phi) is 3.83. The van der Waals surface area contributed by atoms with Crippen LogP contribution in [0.25, 0.3) is 0 Å². The van der Waals surface area contributed by atoms with Crippen molar-refractivity contribution in [1.29, 1.82) is 0 Å². The first-order chi connectivity index (χ1) is 8.25. The number of benzene rings is 1. The second-order valence-electron chi connectivity index (χ2n) is 4.22. The molecule has 88 valence electrons. The van der Waals surface area contributed by atoms with Crippen LogP contribution < -0.4 is 5.32 Å². The van der Waals surface area contributed by atoms with Crippen molar-refractivity contribution in [2.75, 3.05) is 0 Å². The number of hydrogen-bond acceptors (Lipinski definition) is 3. The smallest absolute Gasteiger partial charge is 0.0753 e. The van der Waals surface area contributed by atoms with Gasteiger partial charge in [-0.2, -0.15) is 0 Å². The van der Waals surface area contributed by atoms with Crippen LogP contribution >= 0.6 is 0 Å². The molecule has 1 atom stereocenters. The first-order valence-corrected chi connectivity index (χ1v) is 5.80. The fourth-order valence-corrected chi connectivity index (χ4v) is 1.73. The average molecular weight is 227 g/mol. The number of rotatable bonds is 4. The fourth-order valence-electron chi connectivity index (χ4n) is 1.73. The second-order valence-corrected chi connectivity index (χ2v) is 4.22. The van der Waals surface area contributed by atoms with Crippen molar-refractivity contribution >= 4 is 0 Å². The summed E-state index contributed by atoms with van der Waals surface area (Å²) in [7, 11) is 0. The zero-order valence-electron chi connectivity index (χ0n) is 10.2. The minimum absolute atomic E-state index is 0.212. The van der Waals surface area contributed by atoms with Gasteiger partial charge in [-0.05, 0) is 19.4 Å². The van der Waals surface area contributed by atoms with Crippen molar-refractivity contribution in [3.63, 3.8) is 0 Å². The second kappa shape index (κ2) is 5.55. The van der Waals surface area contributed by atoms with Crippen LogP contribution in [-0.4, -0.2) is 9.97 Å². The maximum Gasteiger partial charge on any atom is 0.0753 e. The topological polar surface area (TPSA) is 37.8 Å². The lowest BCUT2D eigenvalue weighted by Crippen LogP contribution is -2.19. The van der Waals surface area contributed by atoms with Crippen LogP contribution in [-0.2, 0) is 6.54 Å². The molecule has 0 amide bonds. The molecule has 0 aliphatic carbocycles. The van der Waals surface area contributed by atoms with Crippen LogP contribution in [0.3, 0.4) is 0 Å². The highest BCUT2D eigenvalue weighted by Crippen LogP contribution is 2.09. The van der Waals surface area contributed by atoms with Gasteiger partial charge in [0.1, 0.15) is 0 Å². The largest absolute Gasteiger partial charge is 0.305 e. The molecule has 2 rings (SSSR count). The first kappa shape index (κ1) is 11.7. The highest BCUT2D eigenvalue weighted by Gasteiger charge is 2.05. The Labute approximate surface area is 102 Å². The minimum atomic E-state index is 0.212. The predicted octanol–water partition coefficient (Wildman–Crippen LogP) is 2.64. The number of aryl methyl sites for hydroxylation is 1. The summed E-state index contributed by atoms with van der Waals surface area (Å²) in [5, 5.41) is 3.44.